The van der Waals surface area contributed by atoms with Gasteiger partial charge in [-0.05, 0) is 36.0 Å². The summed E-state index contributed by atoms with van der Waals surface area (Å²) in [6.45, 7) is 3.68. The molecule has 3 rings (SSSR count). The Labute approximate surface area is 193 Å². The highest BCUT2D eigenvalue weighted by Gasteiger charge is 2.23. The number of aromatic nitrogens is 2. The Morgan fingerprint density at radius 2 is 1.70 bits per heavy atom. The van der Waals surface area contributed by atoms with E-state index < -0.39 is 11.8 Å². The Morgan fingerprint density at radius 1 is 1.03 bits per heavy atom. The fraction of sp³-hybridized carbons (Fsp3) is 0.308. The van der Waals surface area contributed by atoms with E-state index in [1.807, 2.05) is 74.5 Å². The minimum Gasteiger partial charge on any atom is -0.392 e. The van der Waals surface area contributed by atoms with Crippen LogP contribution in [0.25, 0.3) is 6.08 Å². The van der Waals surface area contributed by atoms with Gasteiger partial charge >= 0.3 is 5.76 Å². The standard InChI is InChI=1S/C26H29N3O4/c1-19(2)17-22(27-24(31)15-13-20-9-5-3-6-10-20)23(30)18-29-26(32)33-25(28-29)16-14-21-11-7-4-8-12-21/h3-13,15,19,22H,14,16-18H2,1-2H3,(H,27,31)/t22-/m0/s1. The number of aryl methyl sites for hydroxylation is 2. The lowest BCUT2D eigenvalue weighted by atomic mass is 10.00. The average Bonchev–Trinajstić information content (AvgIpc) is 3.16. The number of carbonyl (C=O) groups excluding carboxylic acids is 2. The Bertz CT molecular complexity index is 1130. The van der Waals surface area contributed by atoms with Crippen LogP contribution in [0.1, 0.15) is 37.3 Å². The molecule has 0 radical (unpaired) electrons. The third-order valence-electron chi connectivity index (χ3n) is 5.06. The van der Waals surface area contributed by atoms with E-state index in [9.17, 15) is 14.4 Å². The molecule has 1 amide bonds. The molecule has 172 valence electrons. The first-order valence-electron chi connectivity index (χ1n) is 11.1. The van der Waals surface area contributed by atoms with E-state index in [1.165, 1.54) is 6.08 Å². The summed E-state index contributed by atoms with van der Waals surface area (Å²) in [4.78, 5) is 37.5. The molecule has 2 aromatic carbocycles. The van der Waals surface area contributed by atoms with E-state index in [2.05, 4.69) is 10.4 Å². The Balaban J connectivity index is 1.62. The van der Waals surface area contributed by atoms with Crippen LogP contribution < -0.4 is 11.1 Å². The fourth-order valence-electron chi connectivity index (χ4n) is 3.40. The third kappa shape index (κ3) is 7.71. The third-order valence-corrected chi connectivity index (χ3v) is 5.06. The second-order valence-electron chi connectivity index (χ2n) is 8.31. The van der Waals surface area contributed by atoms with E-state index in [1.54, 1.807) is 6.08 Å². The maximum absolute atomic E-state index is 12.9. The van der Waals surface area contributed by atoms with Crippen molar-refractivity contribution >= 4 is 17.8 Å². The van der Waals surface area contributed by atoms with Crippen molar-refractivity contribution in [2.24, 2.45) is 5.92 Å². The van der Waals surface area contributed by atoms with Crippen LogP contribution in [0, 0.1) is 5.92 Å². The van der Waals surface area contributed by atoms with Crippen LogP contribution in [0.15, 0.2) is 76.0 Å². The summed E-state index contributed by atoms with van der Waals surface area (Å²) in [6, 6.07) is 18.5. The van der Waals surface area contributed by atoms with Crippen LogP contribution in [-0.2, 0) is 29.0 Å². The molecule has 1 atom stereocenters. The molecular formula is C26H29N3O4. The number of hydrogen-bond acceptors (Lipinski definition) is 5. The SMILES string of the molecule is CC(C)C[C@H](NC(=O)C=Cc1ccccc1)C(=O)Cn1nc(CCc2ccccc2)oc1=O. The zero-order valence-corrected chi connectivity index (χ0v) is 18.9. The summed E-state index contributed by atoms with van der Waals surface area (Å²) in [5.41, 5.74) is 1.99. The molecule has 0 saturated heterocycles. The lowest BCUT2D eigenvalue weighted by Crippen LogP contribution is -2.43. The Hall–Kier alpha value is -3.74. The summed E-state index contributed by atoms with van der Waals surface area (Å²) in [7, 11) is 0. The second-order valence-corrected chi connectivity index (χ2v) is 8.31. The van der Waals surface area contributed by atoms with Crippen LogP contribution in [0.2, 0.25) is 0 Å². The second kappa shape index (κ2) is 11.8. The van der Waals surface area contributed by atoms with Crippen LogP contribution in [0.3, 0.4) is 0 Å². The van der Waals surface area contributed by atoms with Crippen molar-refractivity contribution in [3.05, 3.63) is 94.3 Å². The molecule has 0 bridgehead atoms. The Morgan fingerprint density at radius 3 is 2.36 bits per heavy atom. The molecule has 0 spiro atoms. The Kier molecular flexibility index (Phi) is 8.52. The zero-order valence-electron chi connectivity index (χ0n) is 18.9. The molecule has 0 aliphatic rings. The van der Waals surface area contributed by atoms with Gasteiger partial charge in [-0.2, -0.15) is 4.68 Å². The molecule has 0 unspecified atom stereocenters. The van der Waals surface area contributed by atoms with E-state index in [-0.39, 0.29) is 30.0 Å². The highest BCUT2D eigenvalue weighted by atomic mass is 16.4. The molecule has 33 heavy (non-hydrogen) atoms. The number of amides is 1. The first-order valence-corrected chi connectivity index (χ1v) is 11.1. The molecule has 7 nitrogen and oxygen atoms in total. The summed E-state index contributed by atoms with van der Waals surface area (Å²) in [5.74, 6) is -0.881. The summed E-state index contributed by atoms with van der Waals surface area (Å²) < 4.78 is 6.24. The highest BCUT2D eigenvalue weighted by Crippen LogP contribution is 2.08. The van der Waals surface area contributed by atoms with Crippen molar-refractivity contribution in [1.29, 1.82) is 0 Å². The number of benzene rings is 2. The molecule has 0 aliphatic carbocycles. The fourth-order valence-corrected chi connectivity index (χ4v) is 3.40. The van der Waals surface area contributed by atoms with Gasteiger partial charge in [0.05, 0.1) is 6.04 Å². The minimum atomic E-state index is -0.728. The monoisotopic (exact) mass is 447 g/mol. The molecule has 1 N–H and O–H groups in total. The minimum absolute atomic E-state index is 0.174. The molecule has 1 heterocycles. The molecular weight excluding hydrogens is 418 g/mol. The zero-order chi connectivity index (χ0) is 23.6. The van der Waals surface area contributed by atoms with Crippen molar-refractivity contribution < 1.29 is 14.0 Å². The van der Waals surface area contributed by atoms with E-state index in [0.29, 0.717) is 19.3 Å². The van der Waals surface area contributed by atoms with E-state index in [4.69, 9.17) is 4.42 Å². The van der Waals surface area contributed by atoms with Gasteiger partial charge in [0.25, 0.3) is 0 Å². The quantitative estimate of drug-likeness (QED) is 0.455. The number of nitrogens with one attached hydrogen (secondary N) is 1. The van der Waals surface area contributed by atoms with Gasteiger partial charge in [-0.3, -0.25) is 9.59 Å². The van der Waals surface area contributed by atoms with Crippen molar-refractivity contribution in [1.82, 2.24) is 15.1 Å². The smallest absolute Gasteiger partial charge is 0.392 e. The van der Waals surface area contributed by atoms with Gasteiger partial charge in [-0.15, -0.1) is 5.10 Å². The summed E-state index contributed by atoms with van der Waals surface area (Å²) >= 11 is 0. The lowest BCUT2D eigenvalue weighted by Gasteiger charge is -2.18. The first kappa shape index (κ1) is 23.9. The largest absolute Gasteiger partial charge is 0.437 e. The van der Waals surface area contributed by atoms with Gasteiger partial charge in [0.1, 0.15) is 6.54 Å². The molecule has 1 aromatic heterocycles. The molecule has 7 heteroatoms. The van der Waals surface area contributed by atoms with Gasteiger partial charge < -0.3 is 9.73 Å². The van der Waals surface area contributed by atoms with Crippen molar-refractivity contribution in [2.45, 2.75) is 45.7 Å². The van der Waals surface area contributed by atoms with E-state index in [0.717, 1.165) is 15.8 Å². The van der Waals surface area contributed by atoms with Crippen LogP contribution in [0.5, 0.6) is 0 Å². The number of ketones is 1. The number of rotatable bonds is 11. The topological polar surface area (TPSA) is 94.2 Å². The average molecular weight is 448 g/mol. The van der Waals surface area contributed by atoms with Crippen molar-refractivity contribution in [2.75, 3.05) is 0 Å². The van der Waals surface area contributed by atoms with Crippen LogP contribution in [-0.4, -0.2) is 27.5 Å². The van der Waals surface area contributed by atoms with Gasteiger partial charge in [0.2, 0.25) is 11.8 Å². The summed E-state index contributed by atoms with van der Waals surface area (Å²) in [6.07, 6.45) is 4.68. The number of carbonyl (C=O) groups is 2. The lowest BCUT2D eigenvalue weighted by molar-refractivity contribution is -0.126. The van der Waals surface area contributed by atoms with Gasteiger partial charge in [-0.1, -0.05) is 74.5 Å². The maximum Gasteiger partial charge on any atom is 0.437 e. The van der Waals surface area contributed by atoms with Crippen molar-refractivity contribution in [3.63, 3.8) is 0 Å². The molecule has 0 aliphatic heterocycles. The summed E-state index contributed by atoms with van der Waals surface area (Å²) in [5, 5.41) is 6.93. The van der Waals surface area contributed by atoms with Crippen LogP contribution in [0.4, 0.5) is 0 Å². The van der Waals surface area contributed by atoms with Crippen molar-refractivity contribution in [3.8, 4) is 0 Å². The number of hydrogen-bond donors (Lipinski definition) is 1. The molecule has 0 saturated carbocycles. The maximum atomic E-state index is 12.9. The first-order chi connectivity index (χ1) is 15.9. The van der Waals surface area contributed by atoms with Gasteiger partial charge in [0, 0.05) is 12.5 Å². The van der Waals surface area contributed by atoms with Crippen LogP contribution >= 0.6 is 0 Å². The van der Waals surface area contributed by atoms with Gasteiger partial charge in [-0.25, -0.2) is 4.79 Å². The van der Waals surface area contributed by atoms with Gasteiger partial charge in [0.15, 0.2) is 5.78 Å². The predicted molar refractivity (Wildman–Crippen MR) is 126 cm³/mol. The predicted octanol–water partition coefficient (Wildman–Crippen LogP) is 3.43. The molecule has 0 fully saturated rings. The number of Topliss-reactive ketones (excluding diaryl/α,β-unsaturated/α-hetero) is 1. The number of nitrogens with zero attached hydrogens (tertiary/aromatic N) is 2. The highest BCUT2D eigenvalue weighted by molar-refractivity contribution is 5.96. The molecule has 3 aromatic rings. The van der Waals surface area contributed by atoms with E-state index >= 15 is 0 Å². The normalized spacial score (nSPS) is 12.2.